The number of nitriles is 1. The summed E-state index contributed by atoms with van der Waals surface area (Å²) < 4.78 is 103. The van der Waals surface area contributed by atoms with E-state index in [2.05, 4.69) is 36.0 Å². The minimum absolute atomic E-state index is 0.148. The predicted octanol–water partition coefficient (Wildman–Crippen LogP) is 11.5. The zero-order valence-electron chi connectivity index (χ0n) is 59.7. The van der Waals surface area contributed by atoms with Crippen molar-refractivity contribution in [2.45, 2.75) is 54.2 Å². The topological polar surface area (TPSA) is 348 Å². The van der Waals surface area contributed by atoms with Gasteiger partial charge in [-0.15, -0.1) is 0 Å². The number of ether oxygens (including phenoxy) is 5. The third-order valence-corrected chi connectivity index (χ3v) is 21.3. The largest absolute Gasteiger partial charge is 0.497 e. The van der Waals surface area contributed by atoms with Crippen molar-refractivity contribution in [1.29, 1.82) is 5.26 Å². The van der Waals surface area contributed by atoms with Crippen LogP contribution in [-0.4, -0.2) is 144 Å². The number of rotatable bonds is 20. The number of methoxy groups -OCH3 is 5. The van der Waals surface area contributed by atoms with E-state index in [9.17, 15) is 50.9 Å². The lowest BCUT2D eigenvalue weighted by Crippen LogP contribution is -2.06. The van der Waals surface area contributed by atoms with E-state index in [4.69, 9.17) is 23.7 Å². The fourth-order valence-electron chi connectivity index (χ4n) is 12.8. The highest BCUT2D eigenvalue weighted by Gasteiger charge is 2.25. The van der Waals surface area contributed by atoms with Crippen LogP contribution in [0.15, 0.2) is 209 Å². The lowest BCUT2D eigenvalue weighted by atomic mass is 10.0. The molecule has 0 amide bonds. The highest BCUT2D eigenvalue weighted by atomic mass is 32.2. The van der Waals surface area contributed by atoms with Crippen molar-refractivity contribution in [2.75, 3.05) is 54.3 Å². The van der Waals surface area contributed by atoms with E-state index in [1.165, 1.54) is 33.0 Å². The second-order valence-corrected chi connectivity index (χ2v) is 30.6. The number of nitrogens with one attached hydrogen (secondary N) is 1. The minimum Gasteiger partial charge on any atom is -0.497 e. The van der Waals surface area contributed by atoms with E-state index >= 15 is 0 Å². The van der Waals surface area contributed by atoms with Gasteiger partial charge in [0.05, 0.1) is 118 Å². The molecule has 0 saturated heterocycles. The molecule has 0 radical (unpaired) electrons. The Morgan fingerprint density at radius 3 is 1.30 bits per heavy atom. The van der Waals surface area contributed by atoms with E-state index in [0.717, 1.165) is 111 Å². The average molecular weight is 1500 g/mol. The fraction of sp³-hybridized carbons (Fsp3) is 0.190. The van der Waals surface area contributed by atoms with Crippen molar-refractivity contribution in [2.24, 2.45) is 7.05 Å². The molecule has 0 aliphatic rings. The van der Waals surface area contributed by atoms with Gasteiger partial charge in [-0.25, -0.2) is 45.2 Å². The summed E-state index contributed by atoms with van der Waals surface area (Å²) in [5, 5.41) is 52.5. The number of aromatic nitrogens is 9. The lowest BCUT2D eigenvalue weighted by Gasteiger charge is -2.12. The van der Waals surface area contributed by atoms with Gasteiger partial charge in [0.1, 0.15) is 5.75 Å². The number of hydrogen-bond donors (Lipinski definition) is 5. The predicted molar refractivity (Wildman–Crippen MR) is 407 cm³/mol. The number of aliphatic hydroxyl groups excluding tert-OH is 4. The summed E-state index contributed by atoms with van der Waals surface area (Å²) in [6.07, 6.45) is 12.0. The first-order chi connectivity index (χ1) is 51.4. The average Bonchev–Trinajstić information content (AvgIpc) is 1.57. The maximum absolute atomic E-state index is 12.2. The van der Waals surface area contributed by atoms with Crippen LogP contribution in [0.5, 0.6) is 29.3 Å². The molecular formula is C79H76N10O15S3. The molecule has 0 atom stereocenters. The van der Waals surface area contributed by atoms with E-state index in [0.29, 0.717) is 59.3 Å². The number of nitrogens with zero attached hydrogens (tertiary/aromatic N) is 9. The van der Waals surface area contributed by atoms with Crippen molar-refractivity contribution in [3.05, 3.63) is 234 Å². The molecular weight excluding hydrogens is 1430 g/mol. The summed E-state index contributed by atoms with van der Waals surface area (Å²) in [6, 6.07) is 50.5. The first-order valence-electron chi connectivity index (χ1n) is 32.9. The first kappa shape index (κ1) is 76.3. The number of aryl methyl sites for hydroxylation is 1. The molecule has 0 saturated carbocycles. The van der Waals surface area contributed by atoms with Crippen LogP contribution >= 0.6 is 0 Å². The van der Waals surface area contributed by atoms with Crippen LogP contribution in [0.4, 0.5) is 0 Å². The summed E-state index contributed by atoms with van der Waals surface area (Å²) in [7, 11) is -0.402. The van der Waals surface area contributed by atoms with Crippen molar-refractivity contribution >= 4 is 73.1 Å². The fourth-order valence-corrected chi connectivity index (χ4v) is 14.7. The third kappa shape index (κ3) is 16.5. The highest BCUT2D eigenvalue weighted by molar-refractivity contribution is 7.91. The van der Waals surface area contributed by atoms with Crippen LogP contribution in [0.3, 0.4) is 0 Å². The van der Waals surface area contributed by atoms with Gasteiger partial charge in [0.15, 0.2) is 29.5 Å². The van der Waals surface area contributed by atoms with Gasteiger partial charge in [-0.1, -0.05) is 18.2 Å². The van der Waals surface area contributed by atoms with Gasteiger partial charge in [-0.2, -0.15) is 5.26 Å². The van der Waals surface area contributed by atoms with Crippen molar-refractivity contribution in [3.8, 4) is 79.8 Å². The number of sulfone groups is 3. The number of H-pyrrole nitrogens is 1. The van der Waals surface area contributed by atoms with Crippen molar-refractivity contribution in [3.63, 3.8) is 0 Å². The van der Waals surface area contributed by atoms with Crippen molar-refractivity contribution in [1.82, 2.24) is 43.6 Å². The van der Waals surface area contributed by atoms with Gasteiger partial charge in [0.2, 0.25) is 23.5 Å². The molecule has 14 rings (SSSR count). The van der Waals surface area contributed by atoms with Crippen LogP contribution in [-0.2, 0) is 76.1 Å². The van der Waals surface area contributed by atoms with Crippen LogP contribution in [0, 0.1) is 11.3 Å². The van der Waals surface area contributed by atoms with Gasteiger partial charge in [-0.3, -0.25) is 4.98 Å². The van der Waals surface area contributed by atoms with E-state index in [-0.39, 0.29) is 41.1 Å². The SMILES string of the molecule is COc1ccc(-c2c(CO)[nH]c3ccc(S(C)(=O)=O)cc23)cn1.COc1ccc(-c2c(CO)n(C)c3ccc(S(C)(=O)=O)cc23)cn1.COc1ccc(-c2c(CO)n(Cc3ccccn3)c3ccc(C#N)cc23)cn1.COc1cccc(Cn2c(CO)c(-c3ccc(OC)nc3)c3cc(S(C)(=O)=O)ccc32)c1. The van der Waals surface area contributed by atoms with Crippen molar-refractivity contribution < 1.29 is 69.4 Å². The van der Waals surface area contributed by atoms with E-state index < -0.39 is 29.5 Å². The molecule has 0 aliphatic heterocycles. The number of aliphatic hydroxyl groups is 4. The van der Waals surface area contributed by atoms with Crippen LogP contribution in [0.1, 0.15) is 39.6 Å². The Bertz CT molecular complexity index is 5960. The monoisotopic (exact) mass is 1500 g/mol. The maximum Gasteiger partial charge on any atom is 0.212 e. The van der Waals surface area contributed by atoms with E-state index in [1.54, 1.807) is 137 Å². The molecule has 28 heteroatoms. The molecule has 14 aromatic rings. The second kappa shape index (κ2) is 32.7. The first-order valence-corrected chi connectivity index (χ1v) is 38.6. The molecule has 0 spiro atoms. The van der Waals surface area contributed by atoms with E-state index in [1.807, 2.05) is 99.6 Å². The summed E-state index contributed by atoms with van der Waals surface area (Å²) in [6.45, 7) is 0.262. The second-order valence-electron chi connectivity index (χ2n) is 24.6. The van der Waals surface area contributed by atoms with Crippen LogP contribution in [0.2, 0.25) is 0 Å². The summed E-state index contributed by atoms with van der Waals surface area (Å²) in [4.78, 5) is 25.2. The number of pyridine rings is 5. The molecule has 0 bridgehead atoms. The summed E-state index contributed by atoms with van der Waals surface area (Å²) in [5.41, 5.74) is 14.8. The molecule has 0 unspecified atom stereocenters. The number of benzene rings is 5. The Hall–Kier alpha value is -11.8. The Labute approximate surface area is 617 Å². The molecule has 550 valence electrons. The van der Waals surface area contributed by atoms with Crippen LogP contribution in [0.25, 0.3) is 88.1 Å². The van der Waals surface area contributed by atoms with Gasteiger partial charge < -0.3 is 62.8 Å². The Kier molecular flexibility index (Phi) is 23.3. The van der Waals surface area contributed by atoms with Gasteiger partial charge in [0, 0.05) is 181 Å². The summed E-state index contributed by atoms with van der Waals surface area (Å²) in [5.74, 6) is 2.70. The Morgan fingerprint density at radius 2 is 0.869 bits per heavy atom. The minimum atomic E-state index is -3.41. The Morgan fingerprint density at radius 1 is 0.430 bits per heavy atom. The normalized spacial score (nSPS) is 11.5. The quantitative estimate of drug-likeness (QED) is 0.0473. The molecule has 0 aliphatic carbocycles. The molecule has 5 aromatic carbocycles. The van der Waals surface area contributed by atoms with Gasteiger partial charge >= 0.3 is 0 Å². The third-order valence-electron chi connectivity index (χ3n) is 17.9. The summed E-state index contributed by atoms with van der Waals surface area (Å²) >= 11 is 0. The van der Waals surface area contributed by atoms with Gasteiger partial charge in [-0.05, 0) is 127 Å². The van der Waals surface area contributed by atoms with Crippen LogP contribution < -0.4 is 23.7 Å². The zero-order valence-corrected chi connectivity index (χ0v) is 62.2. The smallest absolute Gasteiger partial charge is 0.212 e. The number of hydrogen-bond acceptors (Lipinski definition) is 21. The number of aromatic amines is 1. The molecule has 9 aromatic heterocycles. The zero-order chi connectivity index (χ0) is 76.5. The Balaban J connectivity index is 0.000000143. The maximum atomic E-state index is 12.2. The van der Waals surface area contributed by atoms with Gasteiger partial charge in [0.25, 0.3) is 0 Å². The molecule has 5 N–H and O–H groups in total. The number of fused-ring (bicyclic) bond motifs is 4. The standard InChI is InChI=1S/C24H24N2O5S.C22H18N4O2.C17H18N2O4S.C16H16N2O4S/c1-30-18-6-4-5-16(11-18)14-26-21-9-8-19(32(3,28)29)12-20(21)24(22(26)15-27)17-7-10-23(31-2)25-13-17;1-28-21-8-6-16(12-25-21)22-18-10-15(11-23)5-7-19(18)26(20(22)14-27)13-17-4-2-3-9-24-17;1-19-14-6-5-12(24(3,21)22)8-13(14)17(15(19)10-20)11-4-7-16(23-2)18-9-11;1-22-15-6-3-10(8-17-15)16-12-7-11(23(2,20)21)4-5-13(12)18-14(16)9-19/h4-13,27H,14-15H2,1-3H3;2-10,12,27H,13-14H2,1H3;4-9,20H,10H2,1-3H3;3-8,18-19H,9H2,1-2H3. The lowest BCUT2D eigenvalue weighted by molar-refractivity contribution is 0.272. The highest BCUT2D eigenvalue weighted by Crippen LogP contribution is 2.41. The molecule has 0 fully saturated rings. The molecule has 9 heterocycles. The molecule has 25 nitrogen and oxygen atoms in total. The molecule has 107 heavy (non-hydrogen) atoms.